The highest BCUT2D eigenvalue weighted by molar-refractivity contribution is 5.96. The van der Waals surface area contributed by atoms with Crippen molar-refractivity contribution >= 4 is 5.84 Å². The van der Waals surface area contributed by atoms with E-state index in [1.807, 2.05) is 0 Å². The molecule has 0 unspecified atom stereocenters. The number of ether oxygens (including phenoxy) is 1. The quantitative estimate of drug-likeness (QED) is 0.388. The number of nitrogens with two attached hydrogens (primary N) is 1. The molecule has 0 atom stereocenters. The lowest BCUT2D eigenvalue weighted by Gasteiger charge is -2.11. The van der Waals surface area contributed by atoms with E-state index in [1.54, 1.807) is 31.3 Å². The molecule has 0 aliphatic rings. The molecule has 0 saturated heterocycles. The van der Waals surface area contributed by atoms with Crippen LogP contribution in [0.5, 0.6) is 5.75 Å². The lowest BCUT2D eigenvalue weighted by Crippen LogP contribution is -2.18. The first-order chi connectivity index (χ1) is 9.61. The summed E-state index contributed by atoms with van der Waals surface area (Å²) in [5.41, 5.74) is 7.27. The Hall–Kier alpha value is -2.63. The predicted octanol–water partition coefficient (Wildman–Crippen LogP) is 2.20. The van der Waals surface area contributed by atoms with Gasteiger partial charge >= 0.3 is 0 Å². The van der Waals surface area contributed by atoms with E-state index < -0.39 is 0 Å². The molecule has 0 amide bonds. The summed E-state index contributed by atoms with van der Waals surface area (Å²) in [5, 5.41) is 11.6. The molecule has 0 aliphatic heterocycles. The minimum Gasteiger partial charge on any atom is -0.489 e. The second-order valence-corrected chi connectivity index (χ2v) is 4.19. The molecule has 104 valence electrons. The first-order valence-electron chi connectivity index (χ1n) is 5.92. The van der Waals surface area contributed by atoms with Crippen LogP contribution in [0.25, 0.3) is 0 Å². The van der Waals surface area contributed by atoms with Crippen molar-refractivity contribution in [2.75, 3.05) is 0 Å². The first kappa shape index (κ1) is 13.8. The molecule has 20 heavy (non-hydrogen) atoms. The Balaban J connectivity index is 2.19. The van der Waals surface area contributed by atoms with Crippen molar-refractivity contribution in [3.8, 4) is 5.75 Å². The minimum atomic E-state index is -0.312. The minimum absolute atomic E-state index is 0.0833. The smallest absolute Gasteiger partial charge is 0.189 e. The first-order valence-corrected chi connectivity index (χ1v) is 5.92. The van der Waals surface area contributed by atoms with E-state index in [2.05, 4.69) is 10.1 Å². The molecule has 1 aromatic heterocycles. The van der Waals surface area contributed by atoms with Crippen molar-refractivity contribution in [3.05, 3.63) is 59.2 Å². The SMILES string of the molecule is Cc1cc(F)ccc1OCc1cccnc1/C(N)=N/O. The van der Waals surface area contributed by atoms with Gasteiger partial charge < -0.3 is 15.7 Å². The third-order valence-corrected chi connectivity index (χ3v) is 2.76. The lowest BCUT2D eigenvalue weighted by molar-refractivity contribution is 0.302. The Morgan fingerprint density at radius 3 is 2.95 bits per heavy atom. The van der Waals surface area contributed by atoms with E-state index in [0.29, 0.717) is 22.6 Å². The molecule has 0 fully saturated rings. The number of hydrogen-bond acceptors (Lipinski definition) is 4. The highest BCUT2D eigenvalue weighted by atomic mass is 19.1. The summed E-state index contributed by atoms with van der Waals surface area (Å²) in [7, 11) is 0. The van der Waals surface area contributed by atoms with Crippen molar-refractivity contribution < 1.29 is 14.3 Å². The van der Waals surface area contributed by atoms with Gasteiger partial charge in [0.2, 0.25) is 0 Å². The summed E-state index contributed by atoms with van der Waals surface area (Å²) in [6.07, 6.45) is 1.54. The van der Waals surface area contributed by atoms with Crippen molar-refractivity contribution in [1.82, 2.24) is 4.98 Å². The molecular weight excluding hydrogens is 261 g/mol. The number of rotatable bonds is 4. The predicted molar refractivity (Wildman–Crippen MR) is 72.2 cm³/mol. The standard InChI is InChI=1S/C14H14FN3O2/c1-9-7-11(15)4-5-12(9)20-8-10-3-2-6-17-13(10)14(16)18-19/h2-7,19H,8H2,1H3,(H2,16,18). The molecule has 0 bridgehead atoms. The summed E-state index contributed by atoms with van der Waals surface area (Å²) in [6.45, 7) is 1.94. The van der Waals surface area contributed by atoms with Crippen LogP contribution in [-0.2, 0) is 6.61 Å². The molecule has 0 saturated carbocycles. The fourth-order valence-corrected chi connectivity index (χ4v) is 1.76. The lowest BCUT2D eigenvalue weighted by atomic mass is 10.2. The van der Waals surface area contributed by atoms with E-state index in [-0.39, 0.29) is 18.3 Å². The van der Waals surface area contributed by atoms with Gasteiger partial charge in [-0.2, -0.15) is 0 Å². The van der Waals surface area contributed by atoms with E-state index in [4.69, 9.17) is 15.7 Å². The maximum atomic E-state index is 13.0. The van der Waals surface area contributed by atoms with Crippen LogP contribution in [0.15, 0.2) is 41.7 Å². The monoisotopic (exact) mass is 275 g/mol. The number of pyridine rings is 1. The molecule has 2 rings (SSSR count). The van der Waals surface area contributed by atoms with E-state index in [0.717, 1.165) is 0 Å². The van der Waals surface area contributed by atoms with Gasteiger partial charge in [0.25, 0.3) is 0 Å². The number of oxime groups is 1. The number of amidine groups is 1. The molecule has 0 aliphatic carbocycles. The van der Waals surface area contributed by atoms with Gasteiger partial charge in [-0.15, -0.1) is 0 Å². The van der Waals surface area contributed by atoms with Crippen LogP contribution in [0.4, 0.5) is 4.39 Å². The zero-order valence-corrected chi connectivity index (χ0v) is 10.9. The van der Waals surface area contributed by atoms with Crippen molar-refractivity contribution in [2.45, 2.75) is 13.5 Å². The molecule has 0 radical (unpaired) electrons. The van der Waals surface area contributed by atoms with E-state index >= 15 is 0 Å². The molecule has 6 heteroatoms. The van der Waals surface area contributed by atoms with Gasteiger partial charge in [0.1, 0.15) is 23.9 Å². The van der Waals surface area contributed by atoms with Crippen LogP contribution < -0.4 is 10.5 Å². The Morgan fingerprint density at radius 2 is 2.25 bits per heavy atom. The molecule has 0 spiro atoms. The van der Waals surface area contributed by atoms with Crippen LogP contribution in [0.2, 0.25) is 0 Å². The second kappa shape index (κ2) is 6.01. The number of halogens is 1. The number of aryl methyl sites for hydroxylation is 1. The summed E-state index contributed by atoms with van der Waals surface area (Å²) in [4.78, 5) is 4.04. The van der Waals surface area contributed by atoms with Crippen molar-refractivity contribution in [3.63, 3.8) is 0 Å². The van der Waals surface area contributed by atoms with Crippen LogP contribution in [0.1, 0.15) is 16.8 Å². The molecule has 2 aromatic rings. The highest BCUT2D eigenvalue weighted by Gasteiger charge is 2.09. The van der Waals surface area contributed by atoms with Gasteiger partial charge in [-0.25, -0.2) is 4.39 Å². The Labute approximate surface area is 115 Å². The van der Waals surface area contributed by atoms with Gasteiger partial charge in [0.05, 0.1) is 0 Å². The van der Waals surface area contributed by atoms with Gasteiger partial charge in [-0.1, -0.05) is 11.2 Å². The number of hydrogen-bond donors (Lipinski definition) is 2. The fourth-order valence-electron chi connectivity index (χ4n) is 1.76. The Morgan fingerprint density at radius 1 is 1.45 bits per heavy atom. The summed E-state index contributed by atoms with van der Waals surface area (Å²) in [6, 6.07) is 7.77. The number of aromatic nitrogens is 1. The Bertz CT molecular complexity index is 644. The van der Waals surface area contributed by atoms with E-state index in [1.165, 1.54) is 12.1 Å². The largest absolute Gasteiger partial charge is 0.489 e. The second-order valence-electron chi connectivity index (χ2n) is 4.19. The highest BCUT2D eigenvalue weighted by Crippen LogP contribution is 2.20. The zero-order chi connectivity index (χ0) is 14.5. The third kappa shape index (κ3) is 3.03. The van der Waals surface area contributed by atoms with Gasteiger partial charge in [0.15, 0.2) is 5.84 Å². The fraction of sp³-hybridized carbons (Fsp3) is 0.143. The van der Waals surface area contributed by atoms with Gasteiger partial charge in [0, 0.05) is 11.8 Å². The average Bonchev–Trinajstić information content (AvgIpc) is 2.46. The van der Waals surface area contributed by atoms with Crippen molar-refractivity contribution in [2.24, 2.45) is 10.9 Å². The summed E-state index contributed by atoms with van der Waals surface area (Å²) in [5.74, 6) is 0.175. The van der Waals surface area contributed by atoms with Gasteiger partial charge in [-0.3, -0.25) is 4.98 Å². The number of benzene rings is 1. The molecule has 1 aromatic carbocycles. The maximum Gasteiger partial charge on any atom is 0.189 e. The topological polar surface area (TPSA) is 80.7 Å². The van der Waals surface area contributed by atoms with Crippen LogP contribution in [0.3, 0.4) is 0 Å². The van der Waals surface area contributed by atoms with Crippen LogP contribution in [0, 0.1) is 12.7 Å². The third-order valence-electron chi connectivity index (χ3n) is 2.76. The van der Waals surface area contributed by atoms with Gasteiger partial charge in [-0.05, 0) is 36.8 Å². The zero-order valence-electron chi connectivity index (χ0n) is 10.9. The molecule has 5 nitrogen and oxygen atoms in total. The maximum absolute atomic E-state index is 13.0. The summed E-state index contributed by atoms with van der Waals surface area (Å²) < 4.78 is 18.6. The van der Waals surface area contributed by atoms with Crippen LogP contribution >= 0.6 is 0 Å². The summed E-state index contributed by atoms with van der Waals surface area (Å²) >= 11 is 0. The van der Waals surface area contributed by atoms with Crippen molar-refractivity contribution in [1.29, 1.82) is 0 Å². The average molecular weight is 275 g/mol. The molecule has 3 N–H and O–H groups in total. The Kier molecular flexibility index (Phi) is 4.14. The molecule has 1 heterocycles. The molecular formula is C14H14FN3O2. The number of nitrogens with zero attached hydrogens (tertiary/aromatic N) is 2. The van der Waals surface area contributed by atoms with Crippen LogP contribution in [-0.4, -0.2) is 16.0 Å². The van der Waals surface area contributed by atoms with E-state index in [9.17, 15) is 4.39 Å². The normalized spacial score (nSPS) is 11.4.